The van der Waals surface area contributed by atoms with E-state index in [-0.39, 0.29) is 10.8 Å². The van der Waals surface area contributed by atoms with Gasteiger partial charge in [-0.15, -0.1) is 0 Å². The van der Waals surface area contributed by atoms with E-state index in [4.69, 9.17) is 14.8 Å². The Bertz CT molecular complexity index is 2290. The summed E-state index contributed by atoms with van der Waals surface area (Å²) < 4.78 is 11.3. The van der Waals surface area contributed by atoms with Crippen LogP contribution in [0.5, 0.6) is 11.5 Å². The molecule has 1 unspecified atom stereocenters. The second kappa shape index (κ2) is 12.8. The number of ether oxygens (including phenoxy) is 1. The number of aromatic nitrogens is 4. The Kier molecular flexibility index (Phi) is 8.76. The van der Waals surface area contributed by atoms with Crippen molar-refractivity contribution in [1.29, 1.82) is 0 Å². The van der Waals surface area contributed by atoms with Crippen LogP contribution in [0.1, 0.15) is 110 Å². The molecule has 264 valence electrons. The summed E-state index contributed by atoms with van der Waals surface area (Å²) in [6.45, 7) is 25.2. The van der Waals surface area contributed by atoms with Gasteiger partial charge >= 0.3 is 0 Å². The predicted octanol–water partition coefficient (Wildman–Crippen LogP) is 12.3. The van der Waals surface area contributed by atoms with Crippen LogP contribution in [0.2, 0.25) is 0 Å². The maximum Gasteiger partial charge on any atom is 0.137 e. The Hall–Kier alpha value is -4.64. The third kappa shape index (κ3) is 6.41. The Morgan fingerprint density at radius 2 is 1.55 bits per heavy atom. The molecule has 0 amide bonds. The fourth-order valence-electron chi connectivity index (χ4n) is 8.52. The van der Waals surface area contributed by atoms with Gasteiger partial charge in [0.1, 0.15) is 17.3 Å². The van der Waals surface area contributed by atoms with Crippen molar-refractivity contribution in [2.45, 2.75) is 106 Å². The maximum absolute atomic E-state index is 6.86. The summed E-state index contributed by atoms with van der Waals surface area (Å²) in [6, 6.07) is 26.0. The molecular formula is C46H54N4O. The molecule has 5 nitrogen and oxygen atoms in total. The minimum Gasteiger partial charge on any atom is -0.457 e. The van der Waals surface area contributed by atoms with Crippen LogP contribution in [0.4, 0.5) is 0 Å². The van der Waals surface area contributed by atoms with E-state index in [0.29, 0.717) is 17.8 Å². The predicted molar refractivity (Wildman–Crippen MR) is 213 cm³/mol. The van der Waals surface area contributed by atoms with Gasteiger partial charge in [0, 0.05) is 46.0 Å². The number of nitrogens with zero attached hydrogens (tertiary/aromatic N) is 4. The first kappa shape index (κ1) is 34.8. The second-order valence-corrected chi connectivity index (χ2v) is 17.1. The molecule has 3 atom stereocenters. The number of rotatable bonds is 6. The first-order valence-electron chi connectivity index (χ1n) is 18.7. The van der Waals surface area contributed by atoms with Crippen molar-refractivity contribution in [2.24, 2.45) is 11.8 Å². The van der Waals surface area contributed by atoms with Crippen molar-refractivity contribution in [3.05, 3.63) is 119 Å². The molecule has 0 N–H and O–H groups in total. The van der Waals surface area contributed by atoms with Crippen LogP contribution >= 0.6 is 0 Å². The highest BCUT2D eigenvalue weighted by atomic mass is 16.5. The van der Waals surface area contributed by atoms with Gasteiger partial charge in [-0.2, -0.15) is 5.10 Å². The lowest BCUT2D eigenvalue weighted by Gasteiger charge is -2.34. The summed E-state index contributed by atoms with van der Waals surface area (Å²) in [7, 11) is 0. The molecule has 0 aliphatic heterocycles. The fraction of sp³-hybridized carbons (Fsp3) is 0.391. The van der Waals surface area contributed by atoms with Crippen molar-refractivity contribution in [2.75, 3.05) is 0 Å². The number of para-hydroxylation sites is 1. The lowest BCUT2D eigenvalue weighted by molar-refractivity contribution is 0.385. The first-order chi connectivity index (χ1) is 24.1. The minimum atomic E-state index is -0.125. The quantitative estimate of drug-likeness (QED) is 0.165. The van der Waals surface area contributed by atoms with E-state index in [9.17, 15) is 0 Å². The smallest absolute Gasteiger partial charge is 0.137 e. The summed E-state index contributed by atoms with van der Waals surface area (Å²) >= 11 is 0. The van der Waals surface area contributed by atoms with Gasteiger partial charge in [-0.1, -0.05) is 92.2 Å². The van der Waals surface area contributed by atoms with Crippen molar-refractivity contribution >= 4 is 21.8 Å². The number of fused-ring (bicyclic) bond motifs is 3. The molecule has 0 saturated carbocycles. The van der Waals surface area contributed by atoms with Gasteiger partial charge in [0.2, 0.25) is 0 Å². The number of hydrogen-bond donors (Lipinski definition) is 0. The van der Waals surface area contributed by atoms with Crippen LogP contribution in [-0.4, -0.2) is 19.3 Å². The third-order valence-electron chi connectivity index (χ3n) is 10.8. The largest absolute Gasteiger partial charge is 0.457 e. The van der Waals surface area contributed by atoms with E-state index in [0.717, 1.165) is 46.2 Å². The third-order valence-corrected chi connectivity index (χ3v) is 10.8. The van der Waals surface area contributed by atoms with Gasteiger partial charge in [0.05, 0.1) is 28.1 Å². The molecular weight excluding hydrogens is 625 g/mol. The number of benzene rings is 3. The highest BCUT2D eigenvalue weighted by molar-refractivity contribution is 6.09. The molecule has 1 aliphatic rings. The number of allylic oxidation sites excluding steroid dienone is 2. The van der Waals surface area contributed by atoms with Gasteiger partial charge < -0.3 is 4.74 Å². The molecule has 6 aromatic rings. The Balaban J connectivity index is 1.38. The Morgan fingerprint density at radius 1 is 0.804 bits per heavy atom. The van der Waals surface area contributed by atoms with Crippen LogP contribution in [0, 0.1) is 18.8 Å². The topological polar surface area (TPSA) is 44.9 Å². The molecule has 7 rings (SSSR count). The summed E-state index contributed by atoms with van der Waals surface area (Å²) in [5.41, 5.74) is 10.7. The van der Waals surface area contributed by atoms with Crippen LogP contribution in [0.15, 0.2) is 90.6 Å². The average Bonchev–Trinajstić information content (AvgIpc) is 3.58. The molecule has 51 heavy (non-hydrogen) atoms. The zero-order valence-electron chi connectivity index (χ0n) is 32.4. The normalized spacial score (nSPS) is 18.4. The van der Waals surface area contributed by atoms with Gasteiger partial charge in [-0.25, -0.2) is 9.67 Å². The molecule has 0 fully saturated rings. The summed E-state index contributed by atoms with van der Waals surface area (Å²) in [5, 5.41) is 7.71. The van der Waals surface area contributed by atoms with E-state index in [2.05, 4.69) is 164 Å². The van der Waals surface area contributed by atoms with Gasteiger partial charge in [0.15, 0.2) is 0 Å². The maximum atomic E-state index is 6.86. The molecule has 3 heterocycles. The van der Waals surface area contributed by atoms with Crippen molar-refractivity contribution in [3.8, 4) is 23.0 Å². The molecule has 0 radical (unpaired) electrons. The zero-order valence-corrected chi connectivity index (χ0v) is 32.4. The molecule has 3 aromatic heterocycles. The van der Waals surface area contributed by atoms with Gasteiger partial charge in [0.25, 0.3) is 0 Å². The summed E-state index contributed by atoms with van der Waals surface area (Å²) in [5.74, 6) is 4.02. The Labute approximate surface area is 304 Å². The summed E-state index contributed by atoms with van der Waals surface area (Å²) in [6.07, 6.45) is 6.54. The Morgan fingerprint density at radius 3 is 2.25 bits per heavy atom. The molecule has 1 aliphatic carbocycles. The first-order valence-corrected chi connectivity index (χ1v) is 18.7. The lowest BCUT2D eigenvalue weighted by atomic mass is 9.70. The van der Waals surface area contributed by atoms with Crippen molar-refractivity contribution < 1.29 is 4.74 Å². The standard InChI is InChI=1S/C46H54N4O/c1-12-32-19-20-47-41(23-32)49-39-16-14-13-15-37(39)38-18-17-35(27-40(38)49)51-36-25-33(45(6,7)8)24-34(26-36)50-44(46(9,10)11)43(31(5)48-50)42-29(3)21-28(2)22-30(42)4/h13-21,23-28,30,42H,12,22H2,1-11H3/t28-,30?,42-/m0/s1. The van der Waals surface area contributed by atoms with Crippen molar-refractivity contribution in [1.82, 2.24) is 19.3 Å². The van der Waals surface area contributed by atoms with Gasteiger partial charge in [-0.05, 0) is 97.5 Å². The SMILES string of the molecule is CCc1ccnc(-n2c3ccccc3c3ccc(Oc4cc(-n5nc(C)c([C@H]6C(C)=C[C@H](C)CC6C)c5C(C)(C)C)cc(C(C)(C)C)c4)cc32)c1. The lowest BCUT2D eigenvalue weighted by Crippen LogP contribution is -2.25. The monoisotopic (exact) mass is 678 g/mol. The fourth-order valence-corrected chi connectivity index (χ4v) is 8.52. The van der Waals surface area contributed by atoms with E-state index < -0.39 is 0 Å². The second-order valence-electron chi connectivity index (χ2n) is 17.1. The van der Waals surface area contributed by atoms with Crippen molar-refractivity contribution in [3.63, 3.8) is 0 Å². The van der Waals surface area contributed by atoms with E-state index in [1.54, 1.807) is 0 Å². The molecule has 3 aromatic carbocycles. The summed E-state index contributed by atoms with van der Waals surface area (Å²) in [4.78, 5) is 4.82. The van der Waals surface area contributed by atoms with Crippen LogP contribution in [0.3, 0.4) is 0 Å². The number of pyridine rings is 1. The van der Waals surface area contributed by atoms with Gasteiger partial charge in [-0.3, -0.25) is 4.57 Å². The number of hydrogen-bond acceptors (Lipinski definition) is 3. The highest BCUT2D eigenvalue weighted by Gasteiger charge is 2.36. The molecule has 0 spiro atoms. The van der Waals surface area contributed by atoms with E-state index >= 15 is 0 Å². The zero-order chi connectivity index (χ0) is 36.4. The average molecular weight is 679 g/mol. The minimum absolute atomic E-state index is 0.0965. The van der Waals surface area contributed by atoms with Crippen LogP contribution in [-0.2, 0) is 17.3 Å². The molecule has 5 heteroatoms. The molecule has 0 bridgehead atoms. The van der Waals surface area contributed by atoms with Crippen LogP contribution < -0.4 is 4.74 Å². The van der Waals surface area contributed by atoms with E-state index in [1.807, 2.05) is 6.20 Å². The highest BCUT2D eigenvalue weighted by Crippen LogP contribution is 2.46. The van der Waals surface area contributed by atoms with Crippen LogP contribution in [0.25, 0.3) is 33.3 Å². The molecule has 0 saturated heterocycles. The number of aryl methyl sites for hydroxylation is 2. The van der Waals surface area contributed by atoms with E-state index in [1.165, 1.54) is 45.2 Å².